The standard InChI is InChI=1S/C22H28N2O4S/c1-6-12-24(13-7-2)21(26)18-15(4)17(22(27)28-5)20(29-18)23-19(25)16-11-9-8-10-14(16)3/h8-11H,6-7,12-13H2,1-5H3,(H,23,25). The maximum Gasteiger partial charge on any atom is 0.341 e. The van der Waals surface area contributed by atoms with Crippen molar-refractivity contribution in [3.63, 3.8) is 0 Å². The second-order valence-electron chi connectivity index (χ2n) is 6.81. The number of nitrogens with one attached hydrogen (secondary N) is 1. The van der Waals surface area contributed by atoms with Gasteiger partial charge in [-0.05, 0) is 43.9 Å². The van der Waals surface area contributed by atoms with Gasteiger partial charge in [0.1, 0.15) is 5.00 Å². The molecule has 0 spiro atoms. The molecule has 0 saturated heterocycles. The molecule has 0 radical (unpaired) electrons. The van der Waals surface area contributed by atoms with Gasteiger partial charge in [-0.15, -0.1) is 11.3 Å². The molecular weight excluding hydrogens is 388 g/mol. The summed E-state index contributed by atoms with van der Waals surface area (Å²) in [7, 11) is 1.29. The Morgan fingerprint density at radius 2 is 1.69 bits per heavy atom. The fraction of sp³-hybridized carbons (Fsp3) is 0.409. The molecule has 2 amide bonds. The first-order chi connectivity index (χ1) is 13.8. The van der Waals surface area contributed by atoms with Crippen LogP contribution in [0.4, 0.5) is 5.00 Å². The van der Waals surface area contributed by atoms with Gasteiger partial charge in [0.15, 0.2) is 0 Å². The van der Waals surface area contributed by atoms with Crippen molar-refractivity contribution in [2.24, 2.45) is 0 Å². The number of carbonyl (C=O) groups excluding carboxylic acids is 3. The molecule has 1 aromatic carbocycles. The third kappa shape index (κ3) is 5.03. The van der Waals surface area contributed by atoms with Crippen LogP contribution in [0.3, 0.4) is 0 Å². The lowest BCUT2D eigenvalue weighted by molar-refractivity contribution is 0.0601. The number of methoxy groups -OCH3 is 1. The van der Waals surface area contributed by atoms with Crippen molar-refractivity contribution in [1.82, 2.24) is 4.90 Å². The molecule has 0 aliphatic carbocycles. The predicted molar refractivity (Wildman–Crippen MR) is 116 cm³/mol. The van der Waals surface area contributed by atoms with E-state index >= 15 is 0 Å². The molecule has 6 nitrogen and oxygen atoms in total. The van der Waals surface area contributed by atoms with Gasteiger partial charge in [-0.25, -0.2) is 4.79 Å². The van der Waals surface area contributed by atoms with Crippen LogP contribution in [-0.4, -0.2) is 42.9 Å². The lowest BCUT2D eigenvalue weighted by Gasteiger charge is -2.21. The van der Waals surface area contributed by atoms with Crippen LogP contribution in [0.5, 0.6) is 0 Å². The molecule has 0 bridgehead atoms. The van der Waals surface area contributed by atoms with Gasteiger partial charge >= 0.3 is 5.97 Å². The molecule has 156 valence electrons. The number of hydrogen-bond acceptors (Lipinski definition) is 5. The summed E-state index contributed by atoms with van der Waals surface area (Å²) in [6.07, 6.45) is 1.69. The van der Waals surface area contributed by atoms with E-state index < -0.39 is 5.97 Å². The summed E-state index contributed by atoms with van der Waals surface area (Å²) in [4.78, 5) is 40.5. The van der Waals surface area contributed by atoms with Gasteiger partial charge in [0.2, 0.25) is 0 Å². The molecule has 7 heteroatoms. The SMILES string of the molecule is CCCN(CCC)C(=O)c1sc(NC(=O)c2ccccc2C)c(C(=O)OC)c1C. The Hall–Kier alpha value is -2.67. The molecule has 1 heterocycles. The molecule has 0 saturated carbocycles. The Morgan fingerprint density at radius 3 is 2.24 bits per heavy atom. The van der Waals surface area contributed by atoms with E-state index in [9.17, 15) is 14.4 Å². The quantitative estimate of drug-likeness (QED) is 0.635. The second kappa shape index (κ2) is 10.2. The number of nitrogens with zero attached hydrogens (tertiary/aromatic N) is 1. The Bertz CT molecular complexity index is 898. The molecule has 0 aliphatic rings. The highest BCUT2D eigenvalue weighted by Gasteiger charge is 2.28. The summed E-state index contributed by atoms with van der Waals surface area (Å²) in [6, 6.07) is 7.20. The zero-order valence-electron chi connectivity index (χ0n) is 17.6. The van der Waals surface area contributed by atoms with E-state index in [-0.39, 0.29) is 17.4 Å². The van der Waals surface area contributed by atoms with Crippen molar-refractivity contribution in [2.75, 3.05) is 25.5 Å². The molecule has 29 heavy (non-hydrogen) atoms. The minimum atomic E-state index is -0.574. The fourth-order valence-electron chi connectivity index (χ4n) is 3.15. The number of hydrogen-bond donors (Lipinski definition) is 1. The summed E-state index contributed by atoms with van der Waals surface area (Å²) < 4.78 is 4.91. The zero-order chi connectivity index (χ0) is 21.6. The summed E-state index contributed by atoms with van der Waals surface area (Å²) >= 11 is 1.12. The molecule has 0 atom stereocenters. The Labute approximate surface area is 175 Å². The molecule has 0 fully saturated rings. The van der Waals surface area contributed by atoms with Crippen LogP contribution in [0, 0.1) is 13.8 Å². The van der Waals surface area contributed by atoms with Crippen LogP contribution in [0.2, 0.25) is 0 Å². The van der Waals surface area contributed by atoms with Crippen LogP contribution < -0.4 is 5.32 Å². The number of amides is 2. The van der Waals surface area contributed by atoms with E-state index in [0.717, 1.165) is 29.7 Å². The predicted octanol–water partition coefficient (Wildman–Crippen LogP) is 4.67. The van der Waals surface area contributed by atoms with E-state index in [1.165, 1.54) is 7.11 Å². The van der Waals surface area contributed by atoms with Gasteiger partial charge in [-0.1, -0.05) is 32.0 Å². The van der Waals surface area contributed by atoms with Crippen molar-refractivity contribution in [3.8, 4) is 0 Å². The minimum absolute atomic E-state index is 0.127. The summed E-state index contributed by atoms with van der Waals surface area (Å²) in [5.41, 5.74) is 2.10. The highest BCUT2D eigenvalue weighted by molar-refractivity contribution is 7.18. The average Bonchev–Trinajstić information content (AvgIpc) is 3.02. The Balaban J connectivity index is 2.45. The van der Waals surface area contributed by atoms with Crippen LogP contribution >= 0.6 is 11.3 Å². The molecule has 1 aromatic heterocycles. The van der Waals surface area contributed by atoms with Gasteiger partial charge in [0.25, 0.3) is 11.8 Å². The molecule has 0 aliphatic heterocycles. The molecule has 2 rings (SSSR count). The summed E-state index contributed by atoms with van der Waals surface area (Å²) in [5.74, 6) is -1.03. The smallest absolute Gasteiger partial charge is 0.341 e. The van der Waals surface area contributed by atoms with E-state index in [1.807, 2.05) is 32.9 Å². The average molecular weight is 417 g/mol. The third-order valence-corrected chi connectivity index (χ3v) is 5.82. The van der Waals surface area contributed by atoms with Crippen LogP contribution in [0.15, 0.2) is 24.3 Å². The topological polar surface area (TPSA) is 75.7 Å². The van der Waals surface area contributed by atoms with Crippen LogP contribution in [0.25, 0.3) is 0 Å². The number of thiophene rings is 1. The monoisotopic (exact) mass is 416 g/mol. The summed E-state index contributed by atoms with van der Waals surface area (Å²) in [5, 5.41) is 3.14. The van der Waals surface area contributed by atoms with E-state index in [0.29, 0.717) is 34.1 Å². The first-order valence-corrected chi connectivity index (χ1v) is 10.5. The lowest BCUT2D eigenvalue weighted by atomic mass is 10.1. The van der Waals surface area contributed by atoms with Crippen molar-refractivity contribution in [1.29, 1.82) is 0 Å². The molecular formula is C22H28N2O4S. The van der Waals surface area contributed by atoms with Crippen molar-refractivity contribution >= 4 is 34.1 Å². The van der Waals surface area contributed by atoms with E-state index in [4.69, 9.17) is 4.74 Å². The fourth-order valence-corrected chi connectivity index (χ4v) is 4.31. The lowest BCUT2D eigenvalue weighted by Crippen LogP contribution is -2.32. The number of aryl methyl sites for hydroxylation is 1. The second-order valence-corrected chi connectivity index (χ2v) is 7.83. The van der Waals surface area contributed by atoms with Gasteiger partial charge in [-0.3, -0.25) is 9.59 Å². The van der Waals surface area contributed by atoms with Crippen LogP contribution in [-0.2, 0) is 4.74 Å². The van der Waals surface area contributed by atoms with Crippen LogP contribution in [0.1, 0.15) is 68.2 Å². The van der Waals surface area contributed by atoms with Crippen molar-refractivity contribution in [3.05, 3.63) is 51.4 Å². The number of ether oxygens (including phenoxy) is 1. The number of anilines is 1. The number of benzene rings is 1. The van der Waals surface area contributed by atoms with Gasteiger partial charge in [0.05, 0.1) is 17.6 Å². The normalized spacial score (nSPS) is 10.5. The van der Waals surface area contributed by atoms with Gasteiger partial charge in [-0.2, -0.15) is 0 Å². The first-order valence-electron chi connectivity index (χ1n) is 9.73. The van der Waals surface area contributed by atoms with E-state index in [2.05, 4.69) is 5.32 Å². The highest BCUT2D eigenvalue weighted by atomic mass is 32.1. The number of carbonyl (C=O) groups is 3. The van der Waals surface area contributed by atoms with Crippen molar-refractivity contribution in [2.45, 2.75) is 40.5 Å². The van der Waals surface area contributed by atoms with Gasteiger partial charge in [0, 0.05) is 18.7 Å². The molecule has 2 aromatic rings. The molecule has 1 N–H and O–H groups in total. The van der Waals surface area contributed by atoms with Gasteiger partial charge < -0.3 is 15.0 Å². The number of rotatable bonds is 8. The molecule has 0 unspecified atom stereocenters. The Kier molecular flexibility index (Phi) is 7.96. The zero-order valence-corrected chi connectivity index (χ0v) is 18.4. The summed E-state index contributed by atoms with van der Waals surface area (Å²) in [6.45, 7) is 8.88. The van der Waals surface area contributed by atoms with E-state index in [1.54, 1.807) is 24.0 Å². The van der Waals surface area contributed by atoms with Crippen molar-refractivity contribution < 1.29 is 19.1 Å². The number of esters is 1. The maximum absolute atomic E-state index is 13.1. The largest absolute Gasteiger partial charge is 0.465 e. The Morgan fingerprint density at radius 1 is 1.07 bits per heavy atom. The third-order valence-electron chi connectivity index (χ3n) is 4.62. The highest BCUT2D eigenvalue weighted by Crippen LogP contribution is 2.35. The first kappa shape index (κ1) is 22.6. The minimum Gasteiger partial charge on any atom is -0.465 e. The maximum atomic E-state index is 13.1.